The van der Waals surface area contributed by atoms with Crippen molar-refractivity contribution >= 4 is 28.6 Å². The van der Waals surface area contributed by atoms with Crippen LogP contribution in [0.4, 0.5) is 14.5 Å². The molecule has 2 aliphatic rings. The number of piperazine rings is 1. The minimum atomic E-state index is -2.90. The lowest BCUT2D eigenvalue weighted by atomic mass is 10.0. The van der Waals surface area contributed by atoms with Crippen LogP contribution in [0.5, 0.6) is 0 Å². The van der Waals surface area contributed by atoms with Crippen LogP contribution in [0.3, 0.4) is 0 Å². The highest BCUT2D eigenvalue weighted by atomic mass is 19.3. The number of carbonyl (C=O) groups excluding carboxylic acids is 2. The number of nitrogens with one attached hydrogen (secondary N) is 1. The van der Waals surface area contributed by atoms with Gasteiger partial charge in [0.1, 0.15) is 17.3 Å². The van der Waals surface area contributed by atoms with E-state index in [1.54, 1.807) is 35.2 Å². The summed E-state index contributed by atoms with van der Waals surface area (Å²) in [4.78, 5) is 38.6. The molecular weight excluding hydrogens is 588 g/mol. The van der Waals surface area contributed by atoms with Crippen LogP contribution in [-0.4, -0.2) is 90.7 Å². The van der Waals surface area contributed by atoms with Gasteiger partial charge in [-0.3, -0.25) is 19.5 Å². The molecule has 0 bridgehead atoms. The van der Waals surface area contributed by atoms with Crippen molar-refractivity contribution in [1.29, 1.82) is 0 Å². The molecule has 0 aliphatic carbocycles. The van der Waals surface area contributed by atoms with E-state index < -0.39 is 18.7 Å². The molecule has 1 unspecified atom stereocenters. The highest BCUT2D eigenvalue weighted by molar-refractivity contribution is 5.96. The molecule has 2 amide bonds. The highest BCUT2D eigenvalue weighted by Gasteiger charge is 2.32. The Bertz CT molecular complexity index is 1840. The molecule has 15 heteroatoms. The first-order valence-corrected chi connectivity index (χ1v) is 14.4. The van der Waals surface area contributed by atoms with E-state index in [0.717, 1.165) is 5.56 Å². The van der Waals surface area contributed by atoms with Crippen molar-refractivity contribution in [2.24, 2.45) is 0 Å². The van der Waals surface area contributed by atoms with Gasteiger partial charge in [-0.05, 0) is 41.1 Å². The number of alkyl halides is 2. The highest BCUT2D eigenvalue weighted by Crippen LogP contribution is 2.29. The van der Waals surface area contributed by atoms with Gasteiger partial charge in [0.05, 0.1) is 12.6 Å². The number of anilines is 1. The van der Waals surface area contributed by atoms with Gasteiger partial charge in [-0.15, -0.1) is 10.2 Å². The average Bonchev–Trinajstić information content (AvgIpc) is 3.69. The molecule has 45 heavy (non-hydrogen) atoms. The normalized spacial score (nSPS) is 17.8. The Morgan fingerprint density at radius 1 is 1.00 bits per heavy atom. The van der Waals surface area contributed by atoms with Crippen molar-refractivity contribution in [3.8, 4) is 11.5 Å². The average molecular weight is 616 g/mol. The van der Waals surface area contributed by atoms with E-state index in [1.165, 1.54) is 6.20 Å². The second kappa shape index (κ2) is 12.1. The Morgan fingerprint density at radius 3 is 2.51 bits per heavy atom. The molecule has 7 rings (SSSR count). The first-order chi connectivity index (χ1) is 21.9. The SMILES string of the molecule is O=C(Nc1ccc2oc(-c3ccnc(C(=O)N4CCN(C(c5ccccc5)c5nnn(C(F)F)n5)CC4)c3)nc2c1)[C@@H]1CCO1. The van der Waals surface area contributed by atoms with Crippen LogP contribution in [-0.2, 0) is 9.53 Å². The zero-order chi connectivity index (χ0) is 30.9. The molecule has 13 nitrogen and oxygen atoms in total. The first kappa shape index (κ1) is 28.6. The smallest absolute Gasteiger partial charge is 0.350 e. The van der Waals surface area contributed by atoms with Gasteiger partial charge in [0.15, 0.2) is 11.4 Å². The molecule has 1 N–H and O–H groups in total. The van der Waals surface area contributed by atoms with Gasteiger partial charge in [-0.2, -0.15) is 8.78 Å². The number of aromatic nitrogens is 6. The second-order valence-corrected chi connectivity index (χ2v) is 10.7. The van der Waals surface area contributed by atoms with E-state index in [0.29, 0.717) is 72.2 Å². The number of oxazole rings is 1. The number of rotatable bonds is 8. The fourth-order valence-electron chi connectivity index (χ4n) is 5.41. The number of hydrogen-bond acceptors (Lipinski definition) is 10. The standard InChI is InChI=1S/C30H27F2N9O4/c31-30(32)41-37-26(36-38-41)25(18-4-2-1-3-5-18)39-11-13-40(14-12-39)29(43)22-16-19(8-10-33-22)28-35-21-17-20(6-7-23(21)45-28)34-27(42)24-9-15-44-24/h1-8,10,16-17,24-25,30H,9,11-15H2,(H,34,42)/t24-,25?/m0/s1. The molecule has 5 heterocycles. The third-order valence-corrected chi connectivity index (χ3v) is 7.82. The lowest BCUT2D eigenvalue weighted by Crippen LogP contribution is -2.50. The first-order valence-electron chi connectivity index (χ1n) is 14.4. The number of tetrazole rings is 1. The summed E-state index contributed by atoms with van der Waals surface area (Å²) >= 11 is 0. The Kier molecular flexibility index (Phi) is 7.69. The van der Waals surface area contributed by atoms with Crippen LogP contribution in [0.15, 0.2) is 71.3 Å². The van der Waals surface area contributed by atoms with Gasteiger partial charge in [0, 0.05) is 50.0 Å². The van der Waals surface area contributed by atoms with Crippen LogP contribution in [0, 0.1) is 0 Å². The fraction of sp³-hybridized carbons (Fsp3) is 0.300. The molecule has 3 aromatic heterocycles. The zero-order valence-corrected chi connectivity index (χ0v) is 23.8. The van der Waals surface area contributed by atoms with Crippen molar-refractivity contribution in [3.63, 3.8) is 0 Å². The van der Waals surface area contributed by atoms with Crippen LogP contribution >= 0.6 is 0 Å². The van der Waals surface area contributed by atoms with Crippen molar-refractivity contribution < 1.29 is 27.5 Å². The summed E-state index contributed by atoms with van der Waals surface area (Å²) in [5.74, 6) is 0.0195. The molecule has 2 aromatic carbocycles. The molecule has 0 saturated carbocycles. The molecular formula is C30H27F2N9O4. The predicted octanol–water partition coefficient (Wildman–Crippen LogP) is 3.55. The minimum Gasteiger partial charge on any atom is -0.436 e. The Labute approximate surface area is 254 Å². The van der Waals surface area contributed by atoms with E-state index in [-0.39, 0.29) is 23.3 Å². The number of amides is 2. The molecule has 5 aromatic rings. The van der Waals surface area contributed by atoms with Crippen molar-refractivity contribution in [2.45, 2.75) is 25.1 Å². The fourth-order valence-corrected chi connectivity index (χ4v) is 5.41. The van der Waals surface area contributed by atoms with E-state index in [1.807, 2.05) is 35.2 Å². The van der Waals surface area contributed by atoms with Crippen molar-refractivity contribution in [3.05, 3.63) is 83.9 Å². The van der Waals surface area contributed by atoms with E-state index in [2.05, 4.69) is 30.7 Å². The quantitative estimate of drug-likeness (QED) is 0.275. The number of halogens is 2. The molecule has 2 aliphatic heterocycles. The van der Waals surface area contributed by atoms with Crippen LogP contribution in [0.25, 0.3) is 22.6 Å². The summed E-state index contributed by atoms with van der Waals surface area (Å²) in [6.07, 6.45) is 1.79. The number of carbonyl (C=O) groups is 2. The third kappa shape index (κ3) is 5.86. The number of ether oxygens (including phenoxy) is 1. The van der Waals surface area contributed by atoms with Crippen molar-refractivity contribution in [2.75, 3.05) is 38.1 Å². The summed E-state index contributed by atoms with van der Waals surface area (Å²) in [6, 6.07) is 17.4. The van der Waals surface area contributed by atoms with Crippen LogP contribution in [0.2, 0.25) is 0 Å². The molecule has 2 atom stereocenters. The molecule has 2 fully saturated rings. The summed E-state index contributed by atoms with van der Waals surface area (Å²) in [6.45, 7) is -0.664. The Morgan fingerprint density at radius 2 is 1.80 bits per heavy atom. The molecule has 0 radical (unpaired) electrons. The maximum absolute atomic E-state index is 13.5. The van der Waals surface area contributed by atoms with Crippen molar-refractivity contribution in [1.82, 2.24) is 40.0 Å². The Hall–Kier alpha value is -5.15. The van der Waals surface area contributed by atoms with E-state index in [4.69, 9.17) is 9.15 Å². The molecule has 0 spiro atoms. The third-order valence-electron chi connectivity index (χ3n) is 7.82. The molecule has 230 valence electrons. The maximum Gasteiger partial charge on any atom is 0.350 e. The maximum atomic E-state index is 13.5. The number of pyridine rings is 1. The van der Waals surface area contributed by atoms with Crippen LogP contribution < -0.4 is 5.32 Å². The lowest BCUT2D eigenvalue weighted by molar-refractivity contribution is -0.139. The van der Waals surface area contributed by atoms with Gasteiger partial charge in [0.2, 0.25) is 5.89 Å². The number of benzene rings is 2. The van der Waals surface area contributed by atoms with Gasteiger partial charge < -0.3 is 19.4 Å². The second-order valence-electron chi connectivity index (χ2n) is 10.7. The van der Waals surface area contributed by atoms with Gasteiger partial charge >= 0.3 is 6.55 Å². The predicted molar refractivity (Wildman–Crippen MR) is 155 cm³/mol. The monoisotopic (exact) mass is 615 g/mol. The van der Waals surface area contributed by atoms with E-state index in [9.17, 15) is 18.4 Å². The zero-order valence-electron chi connectivity index (χ0n) is 23.8. The number of nitrogens with zero attached hydrogens (tertiary/aromatic N) is 8. The lowest BCUT2D eigenvalue weighted by Gasteiger charge is -2.38. The van der Waals surface area contributed by atoms with Gasteiger partial charge in [-0.1, -0.05) is 35.1 Å². The largest absolute Gasteiger partial charge is 0.436 e. The topological polar surface area (TPSA) is 144 Å². The number of fused-ring (bicyclic) bond motifs is 1. The van der Waals surface area contributed by atoms with E-state index >= 15 is 0 Å². The summed E-state index contributed by atoms with van der Waals surface area (Å²) in [7, 11) is 0. The van der Waals surface area contributed by atoms with Gasteiger partial charge in [-0.25, -0.2) is 4.98 Å². The summed E-state index contributed by atoms with van der Waals surface area (Å²) in [5, 5.41) is 14.2. The van der Waals surface area contributed by atoms with Crippen LogP contribution in [0.1, 0.15) is 40.9 Å². The number of hydrogen-bond donors (Lipinski definition) is 1. The summed E-state index contributed by atoms with van der Waals surface area (Å²) < 4.78 is 37.5. The Balaban J connectivity index is 1.05. The minimum absolute atomic E-state index is 0.163. The molecule has 2 saturated heterocycles. The summed E-state index contributed by atoms with van der Waals surface area (Å²) in [5.41, 5.74) is 3.30. The van der Waals surface area contributed by atoms with Gasteiger partial charge in [0.25, 0.3) is 11.8 Å².